The van der Waals surface area contributed by atoms with Gasteiger partial charge in [0.2, 0.25) is 5.91 Å². The average molecular weight is 701 g/mol. The molecule has 2 amide bonds. The normalized spacial score (nSPS) is 13.0. The van der Waals surface area contributed by atoms with Gasteiger partial charge in [0, 0.05) is 43.7 Å². The van der Waals surface area contributed by atoms with E-state index >= 15 is 0 Å². The van der Waals surface area contributed by atoms with Crippen LogP contribution in [0.2, 0.25) is 0 Å². The lowest BCUT2D eigenvalue weighted by atomic mass is 9.98. The van der Waals surface area contributed by atoms with E-state index in [2.05, 4.69) is 17.4 Å². The predicted molar refractivity (Wildman–Crippen MR) is 191 cm³/mol. The molecule has 5 rings (SSSR count). The van der Waals surface area contributed by atoms with Gasteiger partial charge in [0.25, 0.3) is 0 Å². The molecule has 1 aliphatic rings. The van der Waals surface area contributed by atoms with E-state index in [1.807, 2.05) is 69.3 Å². The van der Waals surface area contributed by atoms with Crippen LogP contribution in [0.5, 0.6) is 5.75 Å². The molecule has 270 valence electrons. The average Bonchev–Trinajstić information content (AvgIpc) is 3.41. The number of halogens is 2. The Morgan fingerprint density at radius 3 is 2.02 bits per heavy atom. The fourth-order valence-corrected chi connectivity index (χ4v) is 6.28. The van der Waals surface area contributed by atoms with Gasteiger partial charge in [-0.15, -0.1) is 0 Å². The molecule has 0 bridgehead atoms. The first-order valence-electron chi connectivity index (χ1n) is 17.3. The standard InChI is InChI=1S/C41H46F2N2O6/c1-6-48-38(49-7-2)25-45(24-28-18-19-29(42)23-36(28)43)39(46)37(22-27-16-20-30(21-17-27)51-41(3,4)5)44-40(47)50-26-35-33-14-10-8-12-31(33)32-13-9-11-15-34(32)35/h8-21,23,35,37-38H,6-7,22,24-26H2,1-5H3,(H,44,47). The highest BCUT2D eigenvalue weighted by Crippen LogP contribution is 2.44. The Kier molecular flexibility index (Phi) is 12.4. The number of fused-ring (bicyclic) bond motifs is 3. The minimum atomic E-state index is -1.12. The maximum Gasteiger partial charge on any atom is 0.407 e. The first-order chi connectivity index (χ1) is 24.5. The SMILES string of the molecule is CCOC(CN(Cc1ccc(F)cc1F)C(=O)C(Cc1ccc(OC(C)(C)C)cc1)NC(=O)OCC1c2ccccc2-c2ccccc21)OCC. The molecular weight excluding hydrogens is 654 g/mol. The number of hydrogen-bond donors (Lipinski definition) is 1. The van der Waals surface area contributed by atoms with E-state index < -0.39 is 41.6 Å². The second-order valence-electron chi connectivity index (χ2n) is 13.4. The second kappa shape index (κ2) is 16.9. The van der Waals surface area contributed by atoms with Crippen LogP contribution in [0.3, 0.4) is 0 Å². The summed E-state index contributed by atoms with van der Waals surface area (Å²) in [7, 11) is 0. The van der Waals surface area contributed by atoms with Crippen LogP contribution in [-0.4, -0.2) is 61.2 Å². The number of carbonyl (C=O) groups is 2. The molecule has 8 nitrogen and oxygen atoms in total. The second-order valence-corrected chi connectivity index (χ2v) is 13.4. The quantitative estimate of drug-likeness (QED) is 0.127. The number of nitrogens with zero attached hydrogens (tertiary/aromatic N) is 1. The van der Waals surface area contributed by atoms with Crippen molar-refractivity contribution in [3.8, 4) is 16.9 Å². The number of ether oxygens (including phenoxy) is 4. The van der Waals surface area contributed by atoms with Crippen molar-refractivity contribution in [3.05, 3.63) is 125 Å². The number of nitrogens with one attached hydrogen (secondary N) is 1. The summed E-state index contributed by atoms with van der Waals surface area (Å²) in [6.07, 6.45) is -1.51. The van der Waals surface area contributed by atoms with Crippen LogP contribution in [0.25, 0.3) is 11.1 Å². The molecule has 0 heterocycles. The fourth-order valence-electron chi connectivity index (χ4n) is 6.28. The third-order valence-electron chi connectivity index (χ3n) is 8.48. The van der Waals surface area contributed by atoms with E-state index in [0.717, 1.165) is 39.9 Å². The number of alkyl carbamates (subject to hydrolysis) is 1. The van der Waals surface area contributed by atoms with Crippen molar-refractivity contribution in [3.63, 3.8) is 0 Å². The number of hydrogen-bond acceptors (Lipinski definition) is 6. The van der Waals surface area contributed by atoms with Crippen LogP contribution < -0.4 is 10.1 Å². The van der Waals surface area contributed by atoms with Gasteiger partial charge in [0.1, 0.15) is 35.6 Å². The molecule has 0 saturated heterocycles. The molecule has 51 heavy (non-hydrogen) atoms. The summed E-state index contributed by atoms with van der Waals surface area (Å²) < 4.78 is 52.0. The molecule has 0 saturated carbocycles. The summed E-state index contributed by atoms with van der Waals surface area (Å²) in [4.78, 5) is 29.4. The molecule has 0 spiro atoms. The van der Waals surface area contributed by atoms with Gasteiger partial charge in [0.05, 0.1) is 6.54 Å². The molecule has 4 aromatic rings. The van der Waals surface area contributed by atoms with E-state index in [0.29, 0.717) is 19.0 Å². The molecule has 1 unspecified atom stereocenters. The molecule has 1 atom stereocenters. The Labute approximate surface area is 298 Å². The zero-order valence-corrected chi connectivity index (χ0v) is 29.8. The third kappa shape index (κ3) is 9.92. The summed E-state index contributed by atoms with van der Waals surface area (Å²) in [6, 6.07) is 25.4. The number of amides is 2. The zero-order valence-electron chi connectivity index (χ0n) is 29.8. The van der Waals surface area contributed by atoms with E-state index in [4.69, 9.17) is 18.9 Å². The molecule has 1 aliphatic carbocycles. The third-order valence-corrected chi connectivity index (χ3v) is 8.48. The van der Waals surface area contributed by atoms with Crippen molar-refractivity contribution < 1.29 is 37.3 Å². The van der Waals surface area contributed by atoms with Gasteiger partial charge in [-0.1, -0.05) is 66.7 Å². The highest BCUT2D eigenvalue weighted by atomic mass is 19.1. The smallest absolute Gasteiger partial charge is 0.407 e. The van der Waals surface area contributed by atoms with Gasteiger partial charge in [-0.2, -0.15) is 0 Å². The van der Waals surface area contributed by atoms with Crippen LogP contribution in [0.15, 0.2) is 91.0 Å². The van der Waals surface area contributed by atoms with Crippen molar-refractivity contribution in [2.75, 3.05) is 26.4 Å². The van der Waals surface area contributed by atoms with Crippen molar-refractivity contribution >= 4 is 12.0 Å². The van der Waals surface area contributed by atoms with Crippen LogP contribution in [-0.2, 0) is 32.0 Å². The van der Waals surface area contributed by atoms with Crippen LogP contribution in [0.1, 0.15) is 62.8 Å². The lowest BCUT2D eigenvalue weighted by molar-refractivity contribution is -0.161. The van der Waals surface area contributed by atoms with Gasteiger partial charge in [-0.3, -0.25) is 4.79 Å². The van der Waals surface area contributed by atoms with E-state index in [9.17, 15) is 18.4 Å². The van der Waals surface area contributed by atoms with Crippen molar-refractivity contribution in [2.24, 2.45) is 0 Å². The fraction of sp³-hybridized carbons (Fsp3) is 0.366. The monoisotopic (exact) mass is 700 g/mol. The Morgan fingerprint density at radius 2 is 1.45 bits per heavy atom. The van der Waals surface area contributed by atoms with Gasteiger partial charge in [-0.05, 0) is 80.6 Å². The Balaban J connectivity index is 1.41. The number of rotatable bonds is 15. The van der Waals surface area contributed by atoms with Gasteiger partial charge >= 0.3 is 6.09 Å². The minimum absolute atomic E-state index is 0.0564. The van der Waals surface area contributed by atoms with Gasteiger partial charge < -0.3 is 29.2 Å². The Hall–Kier alpha value is -4.80. The first-order valence-corrected chi connectivity index (χ1v) is 17.3. The lowest BCUT2D eigenvalue weighted by Gasteiger charge is -2.31. The highest BCUT2D eigenvalue weighted by molar-refractivity contribution is 5.86. The topological polar surface area (TPSA) is 86.3 Å². The van der Waals surface area contributed by atoms with E-state index in [-0.39, 0.29) is 37.6 Å². The summed E-state index contributed by atoms with van der Waals surface area (Å²) in [5, 5.41) is 2.80. The van der Waals surface area contributed by atoms with E-state index in [1.54, 1.807) is 26.0 Å². The highest BCUT2D eigenvalue weighted by Gasteiger charge is 2.32. The van der Waals surface area contributed by atoms with Crippen LogP contribution in [0.4, 0.5) is 13.6 Å². The van der Waals surface area contributed by atoms with Crippen molar-refractivity contribution in [2.45, 2.75) is 71.4 Å². The van der Waals surface area contributed by atoms with Crippen molar-refractivity contribution in [1.29, 1.82) is 0 Å². The van der Waals surface area contributed by atoms with Gasteiger partial charge in [0.15, 0.2) is 6.29 Å². The summed E-state index contributed by atoms with van der Waals surface area (Å²) in [6.45, 7) is 9.82. The summed E-state index contributed by atoms with van der Waals surface area (Å²) >= 11 is 0. The maximum absolute atomic E-state index is 14.9. The van der Waals surface area contributed by atoms with Crippen LogP contribution in [0, 0.1) is 11.6 Å². The Morgan fingerprint density at radius 1 is 0.843 bits per heavy atom. The lowest BCUT2D eigenvalue weighted by Crippen LogP contribution is -2.52. The summed E-state index contributed by atoms with van der Waals surface area (Å²) in [5.41, 5.74) is 4.74. The van der Waals surface area contributed by atoms with E-state index in [1.165, 1.54) is 11.0 Å². The summed E-state index contributed by atoms with van der Waals surface area (Å²) in [5.74, 6) is -1.57. The molecule has 0 fully saturated rings. The number of benzene rings is 4. The molecule has 10 heteroatoms. The predicted octanol–water partition coefficient (Wildman–Crippen LogP) is 8.02. The zero-order chi connectivity index (χ0) is 36.5. The first kappa shape index (κ1) is 37.5. The van der Waals surface area contributed by atoms with Crippen molar-refractivity contribution in [1.82, 2.24) is 10.2 Å². The molecule has 1 N–H and O–H groups in total. The largest absolute Gasteiger partial charge is 0.488 e. The molecule has 0 aliphatic heterocycles. The molecule has 4 aromatic carbocycles. The molecule has 0 radical (unpaired) electrons. The Bertz CT molecular complexity index is 1740. The minimum Gasteiger partial charge on any atom is -0.488 e. The molecule has 0 aromatic heterocycles. The van der Waals surface area contributed by atoms with Gasteiger partial charge in [-0.25, -0.2) is 13.6 Å². The number of carbonyl (C=O) groups excluding carboxylic acids is 2. The maximum atomic E-state index is 14.9. The van der Waals surface area contributed by atoms with Crippen LogP contribution >= 0.6 is 0 Å². The molecular formula is C41H46F2N2O6.